The molecule has 0 amide bonds. The fourth-order valence-corrected chi connectivity index (χ4v) is 2.47. The summed E-state index contributed by atoms with van der Waals surface area (Å²) in [6, 6.07) is 1.49. The van der Waals surface area contributed by atoms with Crippen molar-refractivity contribution < 1.29 is 14.3 Å². The van der Waals surface area contributed by atoms with Crippen LogP contribution >= 0.6 is 0 Å². The summed E-state index contributed by atoms with van der Waals surface area (Å²) in [7, 11) is 1.20. The quantitative estimate of drug-likeness (QED) is 0.450. The van der Waals surface area contributed by atoms with E-state index in [2.05, 4.69) is 4.74 Å². The van der Waals surface area contributed by atoms with Gasteiger partial charge in [-0.2, -0.15) is 5.26 Å². The summed E-state index contributed by atoms with van der Waals surface area (Å²) < 4.78 is 4.55. The molecule has 0 saturated heterocycles. The fourth-order valence-electron chi connectivity index (χ4n) is 2.47. The highest BCUT2D eigenvalue weighted by Crippen LogP contribution is 2.33. The van der Waals surface area contributed by atoms with Gasteiger partial charge in [-0.3, -0.25) is 4.79 Å². The first kappa shape index (κ1) is 14.8. The van der Waals surface area contributed by atoms with Crippen LogP contribution in [0.3, 0.4) is 0 Å². The molecule has 21 heavy (non-hydrogen) atoms. The van der Waals surface area contributed by atoms with Gasteiger partial charge in [-0.25, -0.2) is 4.79 Å². The lowest BCUT2D eigenvalue weighted by atomic mass is 10.0. The van der Waals surface area contributed by atoms with Crippen LogP contribution in [-0.4, -0.2) is 29.8 Å². The predicted molar refractivity (Wildman–Crippen MR) is 76.6 cm³/mol. The monoisotopic (exact) mass is 284 g/mol. The van der Waals surface area contributed by atoms with Crippen LogP contribution in [-0.2, 0) is 14.3 Å². The van der Waals surface area contributed by atoms with Gasteiger partial charge in [-0.15, -0.1) is 0 Å². The molecule has 0 fully saturated rings. The Hall–Kier alpha value is -2.61. The lowest BCUT2D eigenvalue weighted by Crippen LogP contribution is -2.30. The number of hydrogen-bond acceptors (Lipinski definition) is 5. The number of methoxy groups -OCH3 is 1. The second-order valence-corrected chi connectivity index (χ2v) is 4.86. The zero-order valence-corrected chi connectivity index (χ0v) is 12.2. The molecule has 5 nitrogen and oxygen atoms in total. The van der Waals surface area contributed by atoms with Crippen LogP contribution in [0.5, 0.6) is 0 Å². The molecular formula is C16H16N2O3. The van der Waals surface area contributed by atoms with Crippen LogP contribution in [0.25, 0.3) is 0 Å². The van der Waals surface area contributed by atoms with Crippen molar-refractivity contribution in [2.45, 2.75) is 26.3 Å². The Labute approximate surface area is 123 Å². The molecule has 108 valence electrons. The van der Waals surface area contributed by atoms with Gasteiger partial charge in [-0.05, 0) is 31.1 Å². The Kier molecular flexibility index (Phi) is 4.08. The predicted octanol–water partition coefficient (Wildman–Crippen LogP) is 2.00. The number of allylic oxidation sites excluding steroid dienone is 4. The summed E-state index contributed by atoms with van der Waals surface area (Å²) in [5.74, 6) is -0.823. The Balaban J connectivity index is 2.52. The Morgan fingerprint density at radius 2 is 2.24 bits per heavy atom. The minimum atomic E-state index is -0.739. The number of nitriles is 1. The molecule has 0 saturated carbocycles. The Bertz CT molecular complexity index is 659. The number of nitrogens with zero attached hydrogens (tertiary/aromatic N) is 2. The van der Waals surface area contributed by atoms with Gasteiger partial charge >= 0.3 is 5.97 Å². The highest BCUT2D eigenvalue weighted by Gasteiger charge is 2.36. The normalized spacial score (nSPS) is 21.1. The van der Waals surface area contributed by atoms with Crippen LogP contribution in [0, 0.1) is 11.3 Å². The van der Waals surface area contributed by atoms with Crippen molar-refractivity contribution in [2.75, 3.05) is 7.11 Å². The van der Waals surface area contributed by atoms with Gasteiger partial charge in [-0.1, -0.05) is 13.0 Å². The maximum atomic E-state index is 12.5. The highest BCUT2D eigenvalue weighted by molar-refractivity contribution is 6.07. The molecule has 0 aliphatic carbocycles. The lowest BCUT2D eigenvalue weighted by Gasteiger charge is -2.25. The van der Waals surface area contributed by atoms with Crippen LogP contribution in [0.2, 0.25) is 0 Å². The molecule has 2 aliphatic rings. The third kappa shape index (κ3) is 2.52. The first-order valence-electron chi connectivity index (χ1n) is 6.66. The third-order valence-electron chi connectivity index (χ3n) is 3.51. The number of Topliss-reactive ketones (excluding diaryl/α,β-unsaturated/α-hetero) is 1. The van der Waals surface area contributed by atoms with Crippen LogP contribution in [0.4, 0.5) is 0 Å². The van der Waals surface area contributed by atoms with Crippen LogP contribution < -0.4 is 0 Å². The summed E-state index contributed by atoms with van der Waals surface area (Å²) in [5, 5.41) is 9.04. The number of hydrogen-bond donors (Lipinski definition) is 0. The first-order chi connectivity index (χ1) is 10.0. The molecule has 5 heteroatoms. The molecule has 0 spiro atoms. The van der Waals surface area contributed by atoms with E-state index in [0.29, 0.717) is 17.7 Å². The number of carbonyl (C=O) groups is 2. The topological polar surface area (TPSA) is 70.4 Å². The van der Waals surface area contributed by atoms with E-state index in [-0.39, 0.29) is 17.4 Å². The van der Waals surface area contributed by atoms with Crippen molar-refractivity contribution >= 4 is 11.8 Å². The second-order valence-electron chi connectivity index (χ2n) is 4.86. The maximum absolute atomic E-state index is 12.5. The van der Waals surface area contributed by atoms with Gasteiger partial charge in [0.05, 0.1) is 18.8 Å². The van der Waals surface area contributed by atoms with Crippen LogP contribution in [0.1, 0.15) is 20.3 Å². The lowest BCUT2D eigenvalue weighted by molar-refractivity contribution is -0.135. The molecule has 1 atom stereocenters. The zero-order valence-electron chi connectivity index (χ0n) is 12.2. The smallest absolute Gasteiger partial charge is 0.348 e. The average molecular weight is 284 g/mol. The number of carbonyl (C=O) groups excluding carboxylic acids is 2. The molecule has 1 unspecified atom stereocenters. The van der Waals surface area contributed by atoms with E-state index in [1.54, 1.807) is 6.07 Å². The van der Waals surface area contributed by atoms with Gasteiger partial charge in [0.15, 0.2) is 5.78 Å². The van der Waals surface area contributed by atoms with E-state index in [1.165, 1.54) is 13.2 Å². The molecule has 0 aromatic heterocycles. The van der Waals surface area contributed by atoms with Crippen molar-refractivity contribution in [3.63, 3.8) is 0 Å². The van der Waals surface area contributed by atoms with E-state index in [1.807, 2.05) is 37.1 Å². The molecule has 0 aromatic rings. The molecule has 2 heterocycles. The number of rotatable bonds is 3. The van der Waals surface area contributed by atoms with E-state index < -0.39 is 5.97 Å². The number of fused-ring (bicyclic) bond motifs is 1. The minimum Gasteiger partial charge on any atom is -0.465 e. The van der Waals surface area contributed by atoms with E-state index in [4.69, 9.17) is 5.26 Å². The molecular weight excluding hydrogens is 268 g/mol. The Morgan fingerprint density at radius 1 is 1.52 bits per heavy atom. The fraction of sp³-hybridized carbons (Fsp3) is 0.312. The molecule has 0 bridgehead atoms. The van der Waals surface area contributed by atoms with Crippen molar-refractivity contribution in [1.29, 1.82) is 5.26 Å². The molecule has 0 radical (unpaired) electrons. The van der Waals surface area contributed by atoms with Crippen LogP contribution in [0.15, 0.2) is 46.8 Å². The molecule has 2 rings (SSSR count). The van der Waals surface area contributed by atoms with E-state index >= 15 is 0 Å². The van der Waals surface area contributed by atoms with E-state index in [0.717, 1.165) is 5.57 Å². The van der Waals surface area contributed by atoms with Gasteiger partial charge in [0, 0.05) is 11.8 Å². The summed E-state index contributed by atoms with van der Waals surface area (Å²) >= 11 is 0. The van der Waals surface area contributed by atoms with Crippen molar-refractivity contribution in [2.24, 2.45) is 0 Å². The second kappa shape index (κ2) is 5.80. The van der Waals surface area contributed by atoms with Gasteiger partial charge < -0.3 is 9.64 Å². The van der Waals surface area contributed by atoms with E-state index in [9.17, 15) is 9.59 Å². The number of ether oxygens (including phenoxy) is 1. The summed E-state index contributed by atoms with van der Waals surface area (Å²) in [4.78, 5) is 25.9. The first-order valence-corrected chi connectivity index (χ1v) is 6.66. The van der Waals surface area contributed by atoms with Crippen molar-refractivity contribution in [3.8, 4) is 6.07 Å². The largest absolute Gasteiger partial charge is 0.465 e. The average Bonchev–Trinajstić information content (AvgIpc) is 2.74. The standard InChI is InChI=1S/C16H16N2O3/c1-4-13-15(19)12(7-11(8-17)16(20)21-3)14-6-5-10(2)9-18(13)14/h5-7,9,13H,4H2,1-3H3/b11-7+. The zero-order chi connectivity index (χ0) is 15.6. The summed E-state index contributed by atoms with van der Waals surface area (Å²) in [6.07, 6.45) is 7.62. The number of esters is 1. The van der Waals surface area contributed by atoms with Crippen molar-refractivity contribution in [1.82, 2.24) is 4.90 Å². The third-order valence-corrected chi connectivity index (χ3v) is 3.51. The highest BCUT2D eigenvalue weighted by atomic mass is 16.5. The minimum absolute atomic E-state index is 0.0836. The van der Waals surface area contributed by atoms with Gasteiger partial charge in [0.2, 0.25) is 0 Å². The Morgan fingerprint density at radius 3 is 2.81 bits per heavy atom. The summed E-state index contributed by atoms with van der Waals surface area (Å²) in [5.41, 5.74) is 1.96. The number of ketones is 1. The van der Waals surface area contributed by atoms with Gasteiger partial charge in [0.25, 0.3) is 0 Å². The SMILES string of the molecule is CCC1C(=O)C(/C=C(\C#N)C(=O)OC)=C2C=CC(C)=CN21. The maximum Gasteiger partial charge on any atom is 0.348 e. The molecule has 0 aromatic carbocycles. The van der Waals surface area contributed by atoms with Gasteiger partial charge in [0.1, 0.15) is 11.6 Å². The molecule has 0 N–H and O–H groups in total. The molecule has 2 aliphatic heterocycles. The van der Waals surface area contributed by atoms with Crippen molar-refractivity contribution in [3.05, 3.63) is 46.8 Å². The summed E-state index contributed by atoms with van der Waals surface area (Å²) in [6.45, 7) is 3.88.